The summed E-state index contributed by atoms with van der Waals surface area (Å²) in [5.41, 5.74) is 8.74. The van der Waals surface area contributed by atoms with Crippen LogP contribution in [0, 0.1) is 5.92 Å². The van der Waals surface area contributed by atoms with Crippen LogP contribution in [0.2, 0.25) is 0 Å². The molecule has 1 amide bonds. The van der Waals surface area contributed by atoms with Gasteiger partial charge in [-0.05, 0) is 17.5 Å². The zero-order chi connectivity index (χ0) is 14.5. The molecule has 104 valence electrons. The van der Waals surface area contributed by atoms with Gasteiger partial charge in [-0.25, -0.2) is 0 Å². The van der Waals surface area contributed by atoms with Gasteiger partial charge in [0, 0.05) is 11.3 Å². The van der Waals surface area contributed by atoms with Gasteiger partial charge >= 0.3 is 0 Å². The van der Waals surface area contributed by atoms with Crippen LogP contribution < -0.4 is 11.1 Å². The van der Waals surface area contributed by atoms with Gasteiger partial charge in [-0.1, -0.05) is 62.4 Å². The normalized spacial score (nSPS) is 12.2. The fraction of sp³-hybridized carbons (Fsp3) is 0.235. The van der Waals surface area contributed by atoms with Gasteiger partial charge in [0.05, 0.1) is 6.04 Å². The summed E-state index contributed by atoms with van der Waals surface area (Å²) >= 11 is 0. The van der Waals surface area contributed by atoms with E-state index >= 15 is 0 Å². The number of hydrogen-bond acceptors (Lipinski definition) is 2. The highest BCUT2D eigenvalue weighted by Gasteiger charge is 2.18. The number of benzene rings is 2. The molecule has 2 rings (SSSR count). The number of anilines is 1. The average molecular weight is 268 g/mol. The summed E-state index contributed by atoms with van der Waals surface area (Å²) in [4.78, 5) is 12.1. The second-order valence-corrected chi connectivity index (χ2v) is 5.17. The molecule has 2 aromatic carbocycles. The molecule has 0 bridgehead atoms. The Labute approximate surface area is 119 Å². The topological polar surface area (TPSA) is 55.1 Å². The van der Waals surface area contributed by atoms with Crippen LogP contribution in [0.4, 0.5) is 5.69 Å². The van der Waals surface area contributed by atoms with Crippen molar-refractivity contribution in [2.24, 2.45) is 11.7 Å². The second kappa shape index (κ2) is 6.35. The number of carbonyl (C=O) groups excluding carboxylic acids is 1. The first-order chi connectivity index (χ1) is 9.59. The summed E-state index contributed by atoms with van der Waals surface area (Å²) in [5.74, 6) is -0.0396. The molecule has 3 heteroatoms. The molecule has 20 heavy (non-hydrogen) atoms. The molecule has 0 spiro atoms. The van der Waals surface area contributed by atoms with Crippen molar-refractivity contribution in [2.75, 3.05) is 5.32 Å². The number of nitrogens with two attached hydrogens (primary N) is 1. The Bertz CT molecular complexity index is 579. The van der Waals surface area contributed by atoms with Gasteiger partial charge in [0.15, 0.2) is 0 Å². The molecular formula is C17H20N2O. The fourth-order valence-corrected chi connectivity index (χ4v) is 1.98. The zero-order valence-electron chi connectivity index (χ0n) is 11.8. The van der Waals surface area contributed by atoms with E-state index in [2.05, 4.69) is 5.32 Å². The molecule has 0 aliphatic heterocycles. The molecule has 0 saturated carbocycles. The lowest BCUT2D eigenvalue weighted by Crippen LogP contribution is -2.39. The highest BCUT2D eigenvalue weighted by atomic mass is 16.2. The van der Waals surface area contributed by atoms with Crippen molar-refractivity contribution in [3.05, 3.63) is 54.6 Å². The predicted molar refractivity (Wildman–Crippen MR) is 83.3 cm³/mol. The first kappa shape index (κ1) is 14.3. The Balaban J connectivity index is 2.28. The molecule has 3 N–H and O–H groups in total. The standard InChI is InChI=1S/C17H20N2O/c1-12(2)16(18)17(20)19-15-11-7-6-10-14(15)13-8-4-3-5-9-13/h3-12,16H,18H2,1-2H3,(H,19,20)/t16-/m1/s1. The lowest BCUT2D eigenvalue weighted by Gasteiger charge is -2.17. The summed E-state index contributed by atoms with van der Waals surface area (Å²) in [6, 6.07) is 17.2. The van der Waals surface area contributed by atoms with Gasteiger partial charge in [-0.2, -0.15) is 0 Å². The first-order valence-electron chi connectivity index (χ1n) is 6.80. The van der Waals surface area contributed by atoms with Crippen LogP contribution in [-0.2, 0) is 4.79 Å². The Hall–Kier alpha value is -2.13. The van der Waals surface area contributed by atoms with E-state index in [1.54, 1.807) is 0 Å². The minimum absolute atomic E-state index is 0.110. The average Bonchev–Trinajstić information content (AvgIpc) is 2.47. The van der Waals surface area contributed by atoms with Crippen molar-refractivity contribution < 1.29 is 4.79 Å². The number of amides is 1. The lowest BCUT2D eigenvalue weighted by molar-refractivity contribution is -0.118. The number of carbonyl (C=O) groups is 1. The van der Waals surface area contributed by atoms with Crippen LogP contribution in [0.25, 0.3) is 11.1 Å². The molecule has 0 aliphatic carbocycles. The SMILES string of the molecule is CC(C)[C@@H](N)C(=O)Nc1ccccc1-c1ccccc1. The first-order valence-corrected chi connectivity index (χ1v) is 6.80. The van der Waals surface area contributed by atoms with Crippen molar-refractivity contribution >= 4 is 11.6 Å². The van der Waals surface area contributed by atoms with Crippen molar-refractivity contribution in [3.8, 4) is 11.1 Å². The van der Waals surface area contributed by atoms with Gasteiger partial charge in [0.25, 0.3) is 0 Å². The summed E-state index contributed by atoms with van der Waals surface area (Å²) < 4.78 is 0. The monoisotopic (exact) mass is 268 g/mol. The van der Waals surface area contributed by atoms with Crippen molar-refractivity contribution in [1.82, 2.24) is 0 Å². The molecule has 0 aromatic heterocycles. The fourth-order valence-electron chi connectivity index (χ4n) is 1.98. The van der Waals surface area contributed by atoms with E-state index in [0.717, 1.165) is 16.8 Å². The number of para-hydroxylation sites is 1. The Morgan fingerprint density at radius 3 is 2.25 bits per heavy atom. The van der Waals surface area contributed by atoms with E-state index in [-0.39, 0.29) is 11.8 Å². The molecule has 0 saturated heterocycles. The molecule has 0 radical (unpaired) electrons. The smallest absolute Gasteiger partial charge is 0.241 e. The Kier molecular flexibility index (Phi) is 4.53. The highest BCUT2D eigenvalue weighted by molar-refractivity contribution is 5.98. The van der Waals surface area contributed by atoms with E-state index in [4.69, 9.17) is 5.73 Å². The van der Waals surface area contributed by atoms with E-state index < -0.39 is 6.04 Å². The minimum atomic E-state index is -0.501. The van der Waals surface area contributed by atoms with Crippen molar-refractivity contribution in [1.29, 1.82) is 0 Å². The third-order valence-corrected chi connectivity index (χ3v) is 3.29. The summed E-state index contributed by atoms with van der Waals surface area (Å²) in [6.45, 7) is 3.88. The van der Waals surface area contributed by atoms with Gasteiger partial charge in [0.1, 0.15) is 0 Å². The van der Waals surface area contributed by atoms with Gasteiger partial charge in [0.2, 0.25) is 5.91 Å². The Morgan fingerprint density at radius 2 is 1.60 bits per heavy atom. The number of hydrogen-bond donors (Lipinski definition) is 2. The van der Waals surface area contributed by atoms with Crippen LogP contribution in [0.1, 0.15) is 13.8 Å². The maximum Gasteiger partial charge on any atom is 0.241 e. The van der Waals surface area contributed by atoms with Crippen molar-refractivity contribution in [3.63, 3.8) is 0 Å². The molecule has 3 nitrogen and oxygen atoms in total. The predicted octanol–water partition coefficient (Wildman–Crippen LogP) is 3.28. The molecular weight excluding hydrogens is 248 g/mol. The van der Waals surface area contributed by atoms with Crippen LogP contribution in [0.5, 0.6) is 0 Å². The van der Waals surface area contributed by atoms with Gasteiger partial charge in [-0.15, -0.1) is 0 Å². The van der Waals surface area contributed by atoms with E-state index in [1.165, 1.54) is 0 Å². The zero-order valence-corrected chi connectivity index (χ0v) is 11.8. The molecule has 0 aliphatic rings. The van der Waals surface area contributed by atoms with Crippen LogP contribution in [0.3, 0.4) is 0 Å². The van der Waals surface area contributed by atoms with E-state index in [0.29, 0.717) is 0 Å². The summed E-state index contributed by atoms with van der Waals surface area (Å²) in [7, 11) is 0. The van der Waals surface area contributed by atoms with E-state index in [1.807, 2.05) is 68.4 Å². The third kappa shape index (κ3) is 3.25. The third-order valence-electron chi connectivity index (χ3n) is 3.29. The molecule has 0 heterocycles. The maximum atomic E-state index is 12.1. The molecule has 0 fully saturated rings. The van der Waals surface area contributed by atoms with E-state index in [9.17, 15) is 4.79 Å². The minimum Gasteiger partial charge on any atom is -0.324 e. The molecule has 2 aromatic rings. The highest BCUT2D eigenvalue weighted by Crippen LogP contribution is 2.27. The maximum absolute atomic E-state index is 12.1. The summed E-state index contributed by atoms with van der Waals surface area (Å²) in [5, 5.41) is 2.93. The quantitative estimate of drug-likeness (QED) is 0.894. The number of rotatable bonds is 4. The molecule has 1 atom stereocenters. The van der Waals surface area contributed by atoms with Crippen molar-refractivity contribution in [2.45, 2.75) is 19.9 Å². The molecule has 0 unspecified atom stereocenters. The number of nitrogens with one attached hydrogen (secondary N) is 1. The largest absolute Gasteiger partial charge is 0.324 e. The second-order valence-electron chi connectivity index (χ2n) is 5.17. The van der Waals surface area contributed by atoms with Gasteiger partial charge < -0.3 is 11.1 Å². The van der Waals surface area contributed by atoms with Crippen LogP contribution in [-0.4, -0.2) is 11.9 Å². The summed E-state index contributed by atoms with van der Waals surface area (Å²) in [6.07, 6.45) is 0. The lowest BCUT2D eigenvalue weighted by atomic mass is 10.0. The van der Waals surface area contributed by atoms with Crippen LogP contribution >= 0.6 is 0 Å². The van der Waals surface area contributed by atoms with Gasteiger partial charge in [-0.3, -0.25) is 4.79 Å². The Morgan fingerprint density at radius 1 is 1.00 bits per heavy atom. The van der Waals surface area contributed by atoms with Crippen LogP contribution in [0.15, 0.2) is 54.6 Å².